The first-order valence-electron chi connectivity index (χ1n) is 11.1. The zero-order valence-electron chi connectivity index (χ0n) is 18.4. The molecule has 0 radical (unpaired) electrons. The van der Waals surface area contributed by atoms with E-state index in [1.54, 1.807) is 23.7 Å². The fourth-order valence-corrected chi connectivity index (χ4v) is 4.72. The van der Waals surface area contributed by atoms with E-state index in [2.05, 4.69) is 20.5 Å². The number of benzene rings is 1. The molecule has 1 aromatic heterocycles. The first-order valence-corrected chi connectivity index (χ1v) is 11.1. The third-order valence-corrected chi connectivity index (χ3v) is 6.55. The summed E-state index contributed by atoms with van der Waals surface area (Å²) in [7, 11) is 0. The van der Waals surface area contributed by atoms with Crippen molar-refractivity contribution >= 4 is 23.6 Å². The highest BCUT2D eigenvalue weighted by molar-refractivity contribution is 6.05. The van der Waals surface area contributed by atoms with Gasteiger partial charge in [0.25, 0.3) is 5.91 Å². The molecule has 4 heterocycles. The molecule has 0 spiro atoms. The second-order valence-corrected chi connectivity index (χ2v) is 8.64. The quantitative estimate of drug-likeness (QED) is 0.633. The normalized spacial score (nSPS) is 21.4. The van der Waals surface area contributed by atoms with Crippen molar-refractivity contribution in [2.45, 2.75) is 38.9 Å². The highest BCUT2D eigenvalue weighted by Crippen LogP contribution is 2.31. The molecule has 1 unspecified atom stereocenters. The van der Waals surface area contributed by atoms with E-state index in [1.807, 2.05) is 17.2 Å². The lowest BCUT2D eigenvalue weighted by Gasteiger charge is -2.33. The molecule has 1 N–H and O–H groups in total. The summed E-state index contributed by atoms with van der Waals surface area (Å²) in [5.74, 6) is -0.856. The minimum atomic E-state index is -0.657. The van der Waals surface area contributed by atoms with Gasteiger partial charge < -0.3 is 9.80 Å². The number of imide groups is 1. The summed E-state index contributed by atoms with van der Waals surface area (Å²) in [5, 5.41) is 10.9. The minimum absolute atomic E-state index is 0.0967. The molecule has 4 amide bonds. The maximum atomic E-state index is 13.0. The number of hydrogen-bond acceptors (Lipinski definition) is 7. The number of nitrogens with one attached hydrogen (secondary N) is 1. The van der Waals surface area contributed by atoms with Crippen LogP contribution in [0.5, 0.6) is 0 Å². The second-order valence-electron chi connectivity index (χ2n) is 8.64. The van der Waals surface area contributed by atoms with E-state index in [4.69, 9.17) is 0 Å². The van der Waals surface area contributed by atoms with Crippen molar-refractivity contribution in [3.63, 3.8) is 0 Å². The predicted molar refractivity (Wildman–Crippen MR) is 115 cm³/mol. The molecule has 33 heavy (non-hydrogen) atoms. The molecule has 172 valence electrons. The molecule has 2 fully saturated rings. The summed E-state index contributed by atoms with van der Waals surface area (Å²) in [6.07, 6.45) is 2.40. The van der Waals surface area contributed by atoms with Crippen molar-refractivity contribution in [3.05, 3.63) is 41.2 Å². The van der Waals surface area contributed by atoms with E-state index < -0.39 is 11.9 Å². The Labute approximate surface area is 190 Å². The fourth-order valence-electron chi connectivity index (χ4n) is 4.72. The van der Waals surface area contributed by atoms with Crippen LogP contribution >= 0.6 is 0 Å². The maximum Gasteiger partial charge on any atom is 0.255 e. The third-order valence-electron chi connectivity index (χ3n) is 6.55. The van der Waals surface area contributed by atoms with Gasteiger partial charge in [0.05, 0.1) is 17.6 Å². The van der Waals surface area contributed by atoms with Crippen LogP contribution < -0.4 is 5.32 Å². The van der Waals surface area contributed by atoms with Gasteiger partial charge in [-0.2, -0.15) is 0 Å². The van der Waals surface area contributed by atoms with Crippen LogP contribution in [-0.2, 0) is 27.5 Å². The van der Waals surface area contributed by atoms with Gasteiger partial charge in [0.2, 0.25) is 17.7 Å². The summed E-state index contributed by atoms with van der Waals surface area (Å²) in [5.41, 5.74) is 2.87. The van der Waals surface area contributed by atoms with Crippen molar-refractivity contribution < 1.29 is 19.2 Å². The Morgan fingerprint density at radius 3 is 2.67 bits per heavy atom. The van der Waals surface area contributed by atoms with Crippen LogP contribution in [0.15, 0.2) is 24.4 Å². The Morgan fingerprint density at radius 1 is 1.15 bits per heavy atom. The van der Waals surface area contributed by atoms with E-state index in [9.17, 15) is 19.2 Å². The number of hydrogen-bond donors (Lipinski definition) is 1. The minimum Gasteiger partial charge on any atom is -0.340 e. The summed E-state index contributed by atoms with van der Waals surface area (Å²) in [6.45, 7) is 5.46. The molecule has 1 atom stereocenters. The van der Waals surface area contributed by atoms with Gasteiger partial charge in [0.1, 0.15) is 6.04 Å². The monoisotopic (exact) mass is 451 g/mol. The van der Waals surface area contributed by atoms with Gasteiger partial charge in [0, 0.05) is 63.7 Å². The predicted octanol–water partition coefficient (Wildman–Crippen LogP) is -0.308. The van der Waals surface area contributed by atoms with Crippen LogP contribution in [0, 0.1) is 0 Å². The Morgan fingerprint density at radius 2 is 1.94 bits per heavy atom. The van der Waals surface area contributed by atoms with Crippen molar-refractivity contribution in [2.24, 2.45) is 0 Å². The number of carbonyl (C=O) groups excluding carboxylic acids is 4. The molecular formula is C22H25N7O4. The Kier molecular flexibility index (Phi) is 5.41. The SMILES string of the molecule is CC(=O)N1CCN(Cc2cn(-c3cccc4c3CN(C3CCC(=O)NC3=O)C4=O)nn2)CC1. The smallest absolute Gasteiger partial charge is 0.255 e. The van der Waals surface area contributed by atoms with Gasteiger partial charge in [-0.1, -0.05) is 11.3 Å². The lowest BCUT2D eigenvalue weighted by molar-refractivity contribution is -0.137. The Balaban J connectivity index is 1.32. The van der Waals surface area contributed by atoms with Gasteiger partial charge >= 0.3 is 0 Å². The average Bonchev–Trinajstić information content (AvgIpc) is 3.39. The lowest BCUT2D eigenvalue weighted by Crippen LogP contribution is -2.52. The van der Waals surface area contributed by atoms with E-state index in [-0.39, 0.29) is 30.7 Å². The van der Waals surface area contributed by atoms with Gasteiger partial charge in [0.15, 0.2) is 0 Å². The number of piperidine rings is 1. The number of rotatable bonds is 4. The average molecular weight is 451 g/mol. The van der Waals surface area contributed by atoms with Crippen molar-refractivity contribution in [1.29, 1.82) is 0 Å². The Bertz CT molecular complexity index is 1140. The molecule has 2 saturated heterocycles. The van der Waals surface area contributed by atoms with Gasteiger partial charge in [-0.25, -0.2) is 4.68 Å². The summed E-state index contributed by atoms with van der Waals surface area (Å²) in [6, 6.07) is 4.77. The first-order chi connectivity index (χ1) is 15.9. The first kappa shape index (κ1) is 21.3. The number of fused-ring (bicyclic) bond motifs is 1. The highest BCUT2D eigenvalue weighted by atomic mass is 16.2. The largest absolute Gasteiger partial charge is 0.340 e. The molecular weight excluding hydrogens is 426 g/mol. The summed E-state index contributed by atoms with van der Waals surface area (Å²) >= 11 is 0. The molecule has 11 nitrogen and oxygen atoms in total. The molecule has 3 aliphatic heterocycles. The molecule has 0 aliphatic carbocycles. The van der Waals surface area contributed by atoms with E-state index in [1.165, 1.54) is 4.90 Å². The second kappa shape index (κ2) is 8.39. The third kappa shape index (κ3) is 3.99. The number of carbonyl (C=O) groups is 4. The van der Waals surface area contributed by atoms with Crippen LogP contribution in [0.3, 0.4) is 0 Å². The number of piperazine rings is 1. The van der Waals surface area contributed by atoms with Gasteiger partial charge in [-0.3, -0.25) is 29.4 Å². The molecule has 5 rings (SSSR count). The van der Waals surface area contributed by atoms with E-state index >= 15 is 0 Å². The van der Waals surface area contributed by atoms with Crippen LogP contribution in [0.2, 0.25) is 0 Å². The molecule has 11 heteroatoms. The summed E-state index contributed by atoms with van der Waals surface area (Å²) in [4.78, 5) is 53.9. The molecule has 1 aromatic carbocycles. The van der Waals surface area contributed by atoms with Crippen LogP contribution in [-0.4, -0.2) is 85.5 Å². The molecule has 3 aliphatic rings. The molecule has 2 aromatic rings. The van der Waals surface area contributed by atoms with Crippen molar-refractivity contribution in [1.82, 2.24) is 35.0 Å². The topological polar surface area (TPSA) is 121 Å². The van der Waals surface area contributed by atoms with E-state index in [0.29, 0.717) is 31.6 Å². The number of nitrogens with zero attached hydrogens (tertiary/aromatic N) is 6. The molecule has 0 saturated carbocycles. The zero-order valence-corrected chi connectivity index (χ0v) is 18.4. The van der Waals surface area contributed by atoms with Crippen LogP contribution in [0.1, 0.15) is 41.4 Å². The van der Waals surface area contributed by atoms with Crippen LogP contribution in [0.25, 0.3) is 5.69 Å². The number of amides is 4. The van der Waals surface area contributed by atoms with Crippen molar-refractivity contribution in [3.8, 4) is 5.69 Å². The number of aromatic nitrogens is 3. The van der Waals surface area contributed by atoms with Gasteiger partial charge in [-0.05, 0) is 18.6 Å². The standard InChI is InChI=1S/C22H25N7O4/c1-14(30)27-9-7-26(8-10-27)11-15-12-29(25-24-15)18-4-2-3-16-17(18)13-28(22(16)33)19-5-6-20(31)23-21(19)32/h2-4,12,19H,5-11,13H2,1H3,(H,23,31,32). The van der Waals surface area contributed by atoms with Gasteiger partial charge in [-0.15, -0.1) is 5.10 Å². The lowest BCUT2D eigenvalue weighted by atomic mass is 10.0. The van der Waals surface area contributed by atoms with Crippen molar-refractivity contribution in [2.75, 3.05) is 26.2 Å². The Hall–Kier alpha value is -3.60. The van der Waals surface area contributed by atoms with E-state index in [0.717, 1.165) is 30.0 Å². The van der Waals surface area contributed by atoms with Crippen LogP contribution in [0.4, 0.5) is 0 Å². The molecule has 0 bridgehead atoms. The maximum absolute atomic E-state index is 13.0. The highest BCUT2D eigenvalue weighted by Gasteiger charge is 2.40. The fraction of sp³-hybridized carbons (Fsp3) is 0.455. The summed E-state index contributed by atoms with van der Waals surface area (Å²) < 4.78 is 1.67. The zero-order chi connectivity index (χ0) is 23.1.